The number of nitrogens with one attached hydrogen (secondary N) is 2. The van der Waals surface area contributed by atoms with Crippen LogP contribution in [0.25, 0.3) is 0 Å². The standard InChI is InChI=1S/C10H17N3S2/c1-6-5-13(3)7(2)4-10(6)8(14)11-9(15)12-10/h6-7H,4-5H2,1-3H3,(H2,11,12,14,15). The molecule has 2 aliphatic heterocycles. The topological polar surface area (TPSA) is 27.3 Å². The lowest BCUT2D eigenvalue weighted by atomic mass is 9.76. The van der Waals surface area contributed by atoms with Crippen molar-refractivity contribution in [1.29, 1.82) is 0 Å². The molecule has 0 saturated carbocycles. The quantitative estimate of drug-likeness (QED) is 0.616. The first-order chi connectivity index (χ1) is 6.95. The van der Waals surface area contributed by atoms with Crippen LogP contribution in [0.5, 0.6) is 0 Å². The molecule has 2 rings (SSSR count). The zero-order valence-corrected chi connectivity index (χ0v) is 11.0. The second-order valence-electron chi connectivity index (χ2n) is 4.77. The molecule has 0 aromatic heterocycles. The Kier molecular flexibility index (Phi) is 2.73. The van der Waals surface area contributed by atoms with E-state index >= 15 is 0 Å². The largest absolute Gasteiger partial charge is 0.350 e. The van der Waals surface area contributed by atoms with Crippen molar-refractivity contribution in [2.24, 2.45) is 5.92 Å². The molecule has 0 bridgehead atoms. The van der Waals surface area contributed by atoms with Crippen molar-refractivity contribution in [2.75, 3.05) is 13.6 Å². The van der Waals surface area contributed by atoms with Crippen molar-refractivity contribution in [3.8, 4) is 0 Å². The summed E-state index contributed by atoms with van der Waals surface area (Å²) in [7, 11) is 2.16. The van der Waals surface area contributed by atoms with Crippen molar-refractivity contribution in [3.63, 3.8) is 0 Å². The predicted octanol–water partition coefficient (Wildman–Crippen LogP) is 0.890. The Hall–Kier alpha value is -0.260. The monoisotopic (exact) mass is 243 g/mol. The Labute approximate surface area is 102 Å². The van der Waals surface area contributed by atoms with Crippen molar-refractivity contribution >= 4 is 34.5 Å². The molecule has 0 radical (unpaired) electrons. The third-order valence-corrected chi connectivity index (χ3v) is 4.41. The minimum atomic E-state index is -0.0989. The number of thiocarbonyl (C=S) groups is 2. The van der Waals surface area contributed by atoms with Gasteiger partial charge in [-0.2, -0.15) is 0 Å². The molecule has 3 nitrogen and oxygen atoms in total. The number of piperidine rings is 1. The highest BCUT2D eigenvalue weighted by molar-refractivity contribution is 7.82. The van der Waals surface area contributed by atoms with Gasteiger partial charge in [0.15, 0.2) is 5.11 Å². The Morgan fingerprint density at radius 3 is 2.60 bits per heavy atom. The smallest absolute Gasteiger partial charge is 0.172 e. The summed E-state index contributed by atoms with van der Waals surface area (Å²) in [6, 6.07) is 0.536. The first-order valence-corrected chi connectivity index (χ1v) is 6.11. The zero-order valence-electron chi connectivity index (χ0n) is 9.33. The van der Waals surface area contributed by atoms with E-state index in [2.05, 4.69) is 36.4 Å². The van der Waals surface area contributed by atoms with E-state index in [0.717, 1.165) is 18.0 Å². The minimum absolute atomic E-state index is 0.0989. The lowest BCUT2D eigenvalue weighted by Crippen LogP contribution is -2.61. The minimum Gasteiger partial charge on any atom is -0.350 e. The lowest BCUT2D eigenvalue weighted by molar-refractivity contribution is 0.108. The van der Waals surface area contributed by atoms with Crippen molar-refractivity contribution in [1.82, 2.24) is 15.5 Å². The molecule has 0 amide bonds. The highest BCUT2D eigenvalue weighted by Gasteiger charge is 2.49. The van der Waals surface area contributed by atoms with E-state index in [4.69, 9.17) is 24.4 Å². The molecule has 84 valence electrons. The van der Waals surface area contributed by atoms with Gasteiger partial charge in [0.25, 0.3) is 0 Å². The van der Waals surface area contributed by atoms with Gasteiger partial charge in [0.05, 0.1) is 5.54 Å². The van der Waals surface area contributed by atoms with Crippen LogP contribution in [0, 0.1) is 5.92 Å². The summed E-state index contributed by atoms with van der Waals surface area (Å²) in [5, 5.41) is 7.13. The van der Waals surface area contributed by atoms with Crippen LogP contribution in [-0.4, -0.2) is 40.2 Å². The number of hydrogen-bond acceptors (Lipinski definition) is 3. The molecular weight excluding hydrogens is 226 g/mol. The summed E-state index contributed by atoms with van der Waals surface area (Å²) in [5.41, 5.74) is -0.0989. The van der Waals surface area contributed by atoms with Gasteiger partial charge in [-0.1, -0.05) is 19.1 Å². The number of rotatable bonds is 0. The summed E-state index contributed by atoms with van der Waals surface area (Å²) in [4.78, 5) is 3.25. The van der Waals surface area contributed by atoms with Gasteiger partial charge < -0.3 is 15.5 Å². The molecule has 2 heterocycles. The SMILES string of the molecule is CC1CC2(NC(=S)NC2=S)C(C)CN1C. The molecule has 3 atom stereocenters. The Morgan fingerprint density at radius 2 is 2.07 bits per heavy atom. The van der Waals surface area contributed by atoms with Gasteiger partial charge in [0, 0.05) is 12.6 Å². The molecular formula is C10H17N3S2. The maximum Gasteiger partial charge on any atom is 0.172 e. The molecule has 1 spiro atoms. The van der Waals surface area contributed by atoms with E-state index in [0.29, 0.717) is 17.1 Å². The normalized spacial score (nSPS) is 41.8. The van der Waals surface area contributed by atoms with Crippen LogP contribution >= 0.6 is 24.4 Å². The van der Waals surface area contributed by atoms with Crippen LogP contribution < -0.4 is 10.6 Å². The van der Waals surface area contributed by atoms with E-state index in [-0.39, 0.29) is 5.54 Å². The summed E-state index contributed by atoms with van der Waals surface area (Å²) in [6.45, 7) is 5.52. The van der Waals surface area contributed by atoms with Crippen LogP contribution in [0.4, 0.5) is 0 Å². The van der Waals surface area contributed by atoms with Crippen molar-refractivity contribution < 1.29 is 0 Å². The van der Waals surface area contributed by atoms with Gasteiger partial charge in [-0.05, 0) is 38.5 Å². The Balaban J connectivity index is 2.27. The first-order valence-electron chi connectivity index (χ1n) is 5.29. The maximum atomic E-state index is 5.42. The molecule has 0 aliphatic carbocycles. The molecule has 15 heavy (non-hydrogen) atoms. The van der Waals surface area contributed by atoms with Gasteiger partial charge >= 0.3 is 0 Å². The highest BCUT2D eigenvalue weighted by atomic mass is 32.1. The summed E-state index contributed by atoms with van der Waals surface area (Å²) in [5.74, 6) is 0.485. The summed E-state index contributed by atoms with van der Waals surface area (Å²) < 4.78 is 0. The molecule has 3 unspecified atom stereocenters. The van der Waals surface area contributed by atoms with Crippen LogP contribution in [0.2, 0.25) is 0 Å². The van der Waals surface area contributed by atoms with Gasteiger partial charge in [-0.3, -0.25) is 0 Å². The van der Waals surface area contributed by atoms with Crippen molar-refractivity contribution in [2.45, 2.75) is 31.8 Å². The first kappa shape index (κ1) is 11.2. The number of nitrogens with zero attached hydrogens (tertiary/aromatic N) is 1. The molecule has 5 heteroatoms. The summed E-state index contributed by atoms with van der Waals surface area (Å²) >= 11 is 10.6. The fourth-order valence-corrected chi connectivity index (χ4v) is 3.37. The summed E-state index contributed by atoms with van der Waals surface area (Å²) in [6.07, 6.45) is 1.02. The van der Waals surface area contributed by atoms with E-state index in [1.54, 1.807) is 0 Å². The van der Waals surface area contributed by atoms with Crippen LogP contribution in [0.15, 0.2) is 0 Å². The lowest BCUT2D eigenvalue weighted by Gasteiger charge is -2.46. The van der Waals surface area contributed by atoms with Crippen LogP contribution in [0.1, 0.15) is 20.3 Å². The van der Waals surface area contributed by atoms with Gasteiger partial charge in [-0.15, -0.1) is 0 Å². The van der Waals surface area contributed by atoms with E-state index in [1.807, 2.05) is 0 Å². The molecule has 2 N–H and O–H groups in total. The zero-order chi connectivity index (χ0) is 11.2. The van der Waals surface area contributed by atoms with Gasteiger partial charge in [-0.25, -0.2) is 0 Å². The van der Waals surface area contributed by atoms with Gasteiger partial charge in [0.1, 0.15) is 4.99 Å². The molecule has 0 aromatic rings. The van der Waals surface area contributed by atoms with E-state index < -0.39 is 0 Å². The Morgan fingerprint density at radius 1 is 1.40 bits per heavy atom. The fourth-order valence-electron chi connectivity index (χ4n) is 2.59. The highest BCUT2D eigenvalue weighted by Crippen LogP contribution is 2.33. The number of likely N-dealkylation sites (tertiary alicyclic amines) is 1. The molecule has 2 fully saturated rings. The van der Waals surface area contributed by atoms with Crippen molar-refractivity contribution in [3.05, 3.63) is 0 Å². The second kappa shape index (κ2) is 3.64. The maximum absolute atomic E-state index is 5.42. The third kappa shape index (κ3) is 1.66. The molecule has 2 saturated heterocycles. The number of hydrogen-bond donors (Lipinski definition) is 2. The third-order valence-electron chi connectivity index (χ3n) is 3.74. The van der Waals surface area contributed by atoms with Crippen LogP contribution in [0.3, 0.4) is 0 Å². The predicted molar refractivity (Wildman–Crippen MR) is 70.1 cm³/mol. The average Bonchev–Trinajstić information content (AvgIpc) is 2.40. The second-order valence-corrected chi connectivity index (χ2v) is 5.59. The van der Waals surface area contributed by atoms with E-state index in [9.17, 15) is 0 Å². The van der Waals surface area contributed by atoms with Crippen LogP contribution in [-0.2, 0) is 0 Å². The molecule has 2 aliphatic rings. The fraction of sp³-hybridized carbons (Fsp3) is 0.800. The van der Waals surface area contributed by atoms with Gasteiger partial charge in [0.2, 0.25) is 0 Å². The van der Waals surface area contributed by atoms with E-state index in [1.165, 1.54) is 0 Å². The Bertz CT molecular complexity index is 318. The average molecular weight is 243 g/mol. The molecule has 0 aromatic carbocycles.